The van der Waals surface area contributed by atoms with Gasteiger partial charge in [0.2, 0.25) is 0 Å². The standard InChI is InChI=1S/C16H21ClO/c1-11-13(5-6-15(11)17)4-2-12-3-7-16-14(10-12)8-9-18-16/h3,7,10-11,13,15H,2,4-6,8-9H2,1H3. The zero-order chi connectivity index (χ0) is 12.5. The van der Waals surface area contributed by atoms with Crippen LogP contribution in [0.5, 0.6) is 5.75 Å². The average molecular weight is 265 g/mol. The van der Waals surface area contributed by atoms with Crippen molar-refractivity contribution in [3.8, 4) is 5.75 Å². The minimum Gasteiger partial charge on any atom is -0.493 e. The molecule has 0 amide bonds. The molecule has 1 aromatic carbocycles. The van der Waals surface area contributed by atoms with Crippen molar-refractivity contribution in [1.82, 2.24) is 0 Å². The second-order valence-electron chi connectivity index (χ2n) is 5.79. The van der Waals surface area contributed by atoms with Gasteiger partial charge in [-0.25, -0.2) is 0 Å². The molecule has 1 fully saturated rings. The molecule has 18 heavy (non-hydrogen) atoms. The lowest BCUT2D eigenvalue weighted by Gasteiger charge is -2.17. The zero-order valence-corrected chi connectivity index (χ0v) is 11.7. The summed E-state index contributed by atoms with van der Waals surface area (Å²) in [7, 11) is 0. The highest BCUT2D eigenvalue weighted by Gasteiger charge is 2.30. The maximum Gasteiger partial charge on any atom is 0.122 e. The monoisotopic (exact) mass is 264 g/mol. The molecule has 0 N–H and O–H groups in total. The molecule has 2 heteroatoms. The minimum atomic E-state index is 0.406. The second kappa shape index (κ2) is 5.13. The molecule has 3 rings (SSSR count). The Morgan fingerprint density at radius 2 is 2.22 bits per heavy atom. The first-order valence-corrected chi connectivity index (χ1v) is 7.56. The van der Waals surface area contributed by atoms with Crippen LogP contribution in [0.15, 0.2) is 18.2 Å². The summed E-state index contributed by atoms with van der Waals surface area (Å²) in [5.41, 5.74) is 2.85. The van der Waals surface area contributed by atoms with Crippen LogP contribution in [0, 0.1) is 11.8 Å². The second-order valence-corrected chi connectivity index (χ2v) is 6.35. The molecule has 1 saturated carbocycles. The number of benzene rings is 1. The Morgan fingerprint density at radius 1 is 1.33 bits per heavy atom. The van der Waals surface area contributed by atoms with Gasteiger partial charge in [-0.2, -0.15) is 0 Å². The Kier molecular flexibility index (Phi) is 3.52. The Hall–Kier alpha value is -0.690. The largest absolute Gasteiger partial charge is 0.493 e. The average Bonchev–Trinajstić information content (AvgIpc) is 2.96. The summed E-state index contributed by atoms with van der Waals surface area (Å²) in [5, 5.41) is 0.406. The number of aryl methyl sites for hydroxylation is 1. The van der Waals surface area contributed by atoms with Gasteiger partial charge in [0.15, 0.2) is 0 Å². The summed E-state index contributed by atoms with van der Waals surface area (Å²) in [6, 6.07) is 6.70. The van der Waals surface area contributed by atoms with Crippen molar-refractivity contribution in [2.45, 2.75) is 44.4 Å². The van der Waals surface area contributed by atoms with Crippen LogP contribution < -0.4 is 4.74 Å². The highest BCUT2D eigenvalue weighted by Crippen LogP contribution is 2.38. The molecular weight excluding hydrogens is 244 g/mol. The summed E-state index contributed by atoms with van der Waals surface area (Å²) in [5.74, 6) is 2.59. The van der Waals surface area contributed by atoms with Gasteiger partial charge in [0.05, 0.1) is 6.61 Å². The van der Waals surface area contributed by atoms with E-state index < -0.39 is 0 Å². The summed E-state index contributed by atoms with van der Waals surface area (Å²) < 4.78 is 5.55. The van der Waals surface area contributed by atoms with Crippen LogP contribution >= 0.6 is 11.6 Å². The summed E-state index contributed by atoms with van der Waals surface area (Å²) in [4.78, 5) is 0. The Morgan fingerprint density at radius 3 is 3.00 bits per heavy atom. The van der Waals surface area contributed by atoms with Gasteiger partial charge in [0.25, 0.3) is 0 Å². The molecule has 0 spiro atoms. The van der Waals surface area contributed by atoms with E-state index >= 15 is 0 Å². The molecule has 1 heterocycles. The third kappa shape index (κ3) is 2.38. The first-order valence-electron chi connectivity index (χ1n) is 7.12. The molecule has 3 unspecified atom stereocenters. The normalized spacial score (nSPS) is 30.2. The third-order valence-electron chi connectivity index (χ3n) is 4.68. The van der Waals surface area contributed by atoms with Crippen LogP contribution in [0.4, 0.5) is 0 Å². The number of ether oxygens (including phenoxy) is 1. The molecule has 2 aliphatic rings. The van der Waals surface area contributed by atoms with Crippen molar-refractivity contribution < 1.29 is 4.74 Å². The predicted molar refractivity (Wildman–Crippen MR) is 75.5 cm³/mol. The van der Waals surface area contributed by atoms with E-state index in [1.54, 1.807) is 0 Å². The minimum absolute atomic E-state index is 0.406. The highest BCUT2D eigenvalue weighted by molar-refractivity contribution is 6.20. The van der Waals surface area contributed by atoms with Gasteiger partial charge in [-0.3, -0.25) is 0 Å². The fourth-order valence-corrected chi connectivity index (χ4v) is 3.68. The number of fused-ring (bicyclic) bond motifs is 1. The molecule has 1 aliphatic carbocycles. The highest BCUT2D eigenvalue weighted by atomic mass is 35.5. The van der Waals surface area contributed by atoms with Crippen molar-refractivity contribution in [2.75, 3.05) is 6.61 Å². The number of rotatable bonds is 3. The molecule has 1 aromatic rings. The lowest BCUT2D eigenvalue weighted by Crippen LogP contribution is -2.11. The SMILES string of the molecule is CC1C(Cl)CCC1CCc1ccc2c(c1)CCO2. The van der Waals surface area contributed by atoms with E-state index in [-0.39, 0.29) is 0 Å². The van der Waals surface area contributed by atoms with Crippen molar-refractivity contribution in [3.63, 3.8) is 0 Å². The molecule has 1 nitrogen and oxygen atoms in total. The van der Waals surface area contributed by atoms with E-state index in [0.717, 1.165) is 24.7 Å². The molecule has 0 bridgehead atoms. The first kappa shape index (κ1) is 12.3. The van der Waals surface area contributed by atoms with Crippen molar-refractivity contribution in [3.05, 3.63) is 29.3 Å². The van der Waals surface area contributed by atoms with Crippen LogP contribution in [-0.2, 0) is 12.8 Å². The predicted octanol–water partition coefficient (Wildman–Crippen LogP) is 4.21. The third-order valence-corrected chi connectivity index (χ3v) is 5.30. The van der Waals surface area contributed by atoms with Gasteiger partial charge in [0, 0.05) is 11.8 Å². The fourth-order valence-electron chi connectivity index (χ4n) is 3.35. The number of hydrogen-bond donors (Lipinski definition) is 0. The van der Waals surface area contributed by atoms with E-state index in [9.17, 15) is 0 Å². The molecule has 3 atom stereocenters. The van der Waals surface area contributed by atoms with Crippen molar-refractivity contribution in [2.24, 2.45) is 11.8 Å². The van der Waals surface area contributed by atoms with E-state index in [4.69, 9.17) is 16.3 Å². The maximum absolute atomic E-state index is 6.30. The lowest BCUT2D eigenvalue weighted by atomic mass is 9.91. The zero-order valence-electron chi connectivity index (χ0n) is 11.0. The van der Waals surface area contributed by atoms with Crippen LogP contribution in [0.25, 0.3) is 0 Å². The Labute approximate surface area is 114 Å². The molecular formula is C16H21ClO. The van der Waals surface area contributed by atoms with Gasteiger partial charge >= 0.3 is 0 Å². The lowest BCUT2D eigenvalue weighted by molar-refractivity contribution is 0.356. The molecule has 0 radical (unpaired) electrons. The Bertz CT molecular complexity index is 429. The van der Waals surface area contributed by atoms with Crippen molar-refractivity contribution >= 4 is 11.6 Å². The topological polar surface area (TPSA) is 9.23 Å². The number of halogens is 1. The van der Waals surface area contributed by atoms with Crippen LogP contribution in [0.2, 0.25) is 0 Å². The van der Waals surface area contributed by atoms with Gasteiger partial charge in [-0.05, 0) is 54.7 Å². The molecule has 98 valence electrons. The van der Waals surface area contributed by atoms with Gasteiger partial charge in [0.1, 0.15) is 5.75 Å². The van der Waals surface area contributed by atoms with E-state index in [1.807, 2.05) is 0 Å². The smallest absolute Gasteiger partial charge is 0.122 e. The molecule has 1 aliphatic heterocycles. The van der Waals surface area contributed by atoms with Crippen LogP contribution in [0.1, 0.15) is 37.3 Å². The quantitative estimate of drug-likeness (QED) is 0.743. The maximum atomic E-state index is 6.30. The number of hydrogen-bond acceptors (Lipinski definition) is 1. The summed E-state index contributed by atoms with van der Waals surface area (Å²) >= 11 is 6.30. The summed E-state index contributed by atoms with van der Waals surface area (Å²) in [6.07, 6.45) is 6.05. The molecule has 0 saturated heterocycles. The van der Waals surface area contributed by atoms with Crippen molar-refractivity contribution in [1.29, 1.82) is 0 Å². The van der Waals surface area contributed by atoms with Crippen LogP contribution in [0.3, 0.4) is 0 Å². The van der Waals surface area contributed by atoms with E-state index in [2.05, 4.69) is 25.1 Å². The Balaban J connectivity index is 1.60. The number of alkyl halides is 1. The fraction of sp³-hybridized carbons (Fsp3) is 0.625. The molecule has 0 aromatic heterocycles. The van der Waals surface area contributed by atoms with E-state index in [0.29, 0.717) is 11.3 Å². The van der Waals surface area contributed by atoms with E-state index in [1.165, 1.54) is 36.8 Å². The van der Waals surface area contributed by atoms with Gasteiger partial charge in [-0.1, -0.05) is 19.1 Å². The van der Waals surface area contributed by atoms with Gasteiger partial charge in [-0.15, -0.1) is 11.6 Å². The first-order chi connectivity index (χ1) is 8.74. The van der Waals surface area contributed by atoms with Crippen LogP contribution in [-0.4, -0.2) is 12.0 Å². The van der Waals surface area contributed by atoms with Gasteiger partial charge < -0.3 is 4.74 Å². The summed E-state index contributed by atoms with van der Waals surface area (Å²) in [6.45, 7) is 3.16.